The number of anilines is 1. The van der Waals surface area contributed by atoms with E-state index in [9.17, 15) is 14.4 Å². The quantitative estimate of drug-likeness (QED) is 0.641. The monoisotopic (exact) mass is 370 g/mol. The number of hydrogen-bond donors (Lipinski definition) is 1. The van der Waals surface area contributed by atoms with Gasteiger partial charge in [0.15, 0.2) is 5.78 Å². The number of methoxy groups -OCH3 is 1. The highest BCUT2D eigenvalue weighted by molar-refractivity contribution is 6.10. The van der Waals surface area contributed by atoms with E-state index in [-0.39, 0.29) is 17.6 Å². The van der Waals surface area contributed by atoms with Crippen LogP contribution in [0.25, 0.3) is 10.9 Å². The van der Waals surface area contributed by atoms with Gasteiger partial charge in [0.25, 0.3) is 0 Å². The molecule has 0 radical (unpaired) electrons. The number of carbonyl (C=O) groups is 3. The molecule has 0 fully saturated rings. The fourth-order valence-electron chi connectivity index (χ4n) is 2.70. The molecule has 1 amide bonds. The van der Waals surface area contributed by atoms with Gasteiger partial charge in [0.1, 0.15) is 5.92 Å². The minimum absolute atomic E-state index is 0.148. The van der Waals surface area contributed by atoms with Gasteiger partial charge in [-0.1, -0.05) is 46.8 Å². The molecule has 0 saturated heterocycles. The van der Waals surface area contributed by atoms with Gasteiger partial charge < -0.3 is 10.1 Å². The maximum absolute atomic E-state index is 12.7. The molecule has 0 aliphatic carbocycles. The summed E-state index contributed by atoms with van der Waals surface area (Å²) in [6.07, 6.45) is 1.61. The second-order valence-electron chi connectivity index (χ2n) is 7.82. The minimum atomic E-state index is -1.03. The maximum Gasteiger partial charge on any atom is 0.320 e. The van der Waals surface area contributed by atoms with E-state index < -0.39 is 17.3 Å². The number of ether oxygens (including phenoxy) is 1. The summed E-state index contributed by atoms with van der Waals surface area (Å²) >= 11 is 0. The summed E-state index contributed by atoms with van der Waals surface area (Å²) < 4.78 is 4.88. The summed E-state index contributed by atoms with van der Waals surface area (Å²) in [5.74, 6) is -2.34. The van der Waals surface area contributed by atoms with E-state index in [0.717, 1.165) is 0 Å². The van der Waals surface area contributed by atoms with Crippen molar-refractivity contribution < 1.29 is 19.1 Å². The highest BCUT2D eigenvalue weighted by Crippen LogP contribution is 2.33. The maximum atomic E-state index is 12.7. The van der Waals surface area contributed by atoms with Gasteiger partial charge in [-0.2, -0.15) is 0 Å². The van der Waals surface area contributed by atoms with E-state index in [1.807, 2.05) is 20.8 Å². The van der Waals surface area contributed by atoms with Crippen LogP contribution in [-0.2, 0) is 19.1 Å². The first-order chi connectivity index (χ1) is 12.6. The van der Waals surface area contributed by atoms with Crippen LogP contribution in [0.5, 0.6) is 0 Å². The van der Waals surface area contributed by atoms with E-state index in [1.54, 1.807) is 44.3 Å². The van der Waals surface area contributed by atoms with Gasteiger partial charge >= 0.3 is 5.97 Å². The molecule has 2 aromatic rings. The third-order valence-electron chi connectivity index (χ3n) is 4.33. The number of carbonyl (C=O) groups excluding carboxylic acids is 3. The molecule has 27 heavy (non-hydrogen) atoms. The topological polar surface area (TPSA) is 85.4 Å². The molecule has 1 unspecified atom stereocenters. The van der Waals surface area contributed by atoms with Crippen LogP contribution in [0.1, 0.15) is 46.1 Å². The Morgan fingerprint density at radius 2 is 1.78 bits per heavy atom. The smallest absolute Gasteiger partial charge is 0.320 e. The van der Waals surface area contributed by atoms with Crippen molar-refractivity contribution in [3.05, 3.63) is 36.0 Å². The molecule has 1 aromatic carbocycles. The molecule has 0 saturated carbocycles. The third kappa shape index (κ3) is 4.32. The number of esters is 1. The van der Waals surface area contributed by atoms with Crippen molar-refractivity contribution in [3.8, 4) is 0 Å². The molecule has 2 rings (SSSR count). The summed E-state index contributed by atoms with van der Waals surface area (Å²) in [4.78, 5) is 41.8. The standard InChI is InChI=1S/C21H26N2O4/c1-12(2)18(24)16(19(25)27-6)13-9-10-15(23-20(26)21(3,4)5)17-14(13)8-7-11-22-17/h7-12,16H,1-6H3,(H,23,26). The van der Waals surface area contributed by atoms with Crippen molar-refractivity contribution in [2.45, 2.75) is 40.5 Å². The summed E-state index contributed by atoms with van der Waals surface area (Å²) in [6.45, 7) is 8.95. The molecular formula is C21H26N2O4. The Bertz CT molecular complexity index is 881. The van der Waals surface area contributed by atoms with Crippen LogP contribution in [0.4, 0.5) is 5.69 Å². The molecule has 1 heterocycles. The van der Waals surface area contributed by atoms with E-state index in [1.165, 1.54) is 7.11 Å². The summed E-state index contributed by atoms with van der Waals surface area (Å²) in [7, 11) is 1.27. The second kappa shape index (κ2) is 7.86. The molecule has 0 spiro atoms. The van der Waals surface area contributed by atoms with Crippen molar-refractivity contribution in [1.82, 2.24) is 4.98 Å². The van der Waals surface area contributed by atoms with Gasteiger partial charge in [-0.3, -0.25) is 19.4 Å². The largest absolute Gasteiger partial charge is 0.468 e. The average Bonchev–Trinajstić information content (AvgIpc) is 2.62. The predicted octanol–water partition coefficient (Wildman–Crippen LogP) is 3.70. The summed E-state index contributed by atoms with van der Waals surface area (Å²) in [6, 6.07) is 6.88. The van der Waals surface area contributed by atoms with Crippen molar-refractivity contribution in [1.29, 1.82) is 0 Å². The molecule has 144 valence electrons. The summed E-state index contributed by atoms with van der Waals surface area (Å²) in [5.41, 5.74) is 1.02. The third-order valence-corrected chi connectivity index (χ3v) is 4.33. The zero-order valence-corrected chi connectivity index (χ0v) is 16.6. The van der Waals surface area contributed by atoms with Crippen LogP contribution in [0.15, 0.2) is 30.5 Å². The Morgan fingerprint density at radius 3 is 2.33 bits per heavy atom. The van der Waals surface area contributed by atoms with Gasteiger partial charge in [-0.05, 0) is 17.7 Å². The van der Waals surface area contributed by atoms with Crippen LogP contribution >= 0.6 is 0 Å². The van der Waals surface area contributed by atoms with Crippen LogP contribution in [0, 0.1) is 11.3 Å². The predicted molar refractivity (Wildman–Crippen MR) is 104 cm³/mol. The molecule has 1 N–H and O–H groups in total. The van der Waals surface area contributed by atoms with Crippen LogP contribution in [0.2, 0.25) is 0 Å². The lowest BCUT2D eigenvalue weighted by atomic mass is 9.86. The second-order valence-corrected chi connectivity index (χ2v) is 7.82. The highest BCUT2D eigenvalue weighted by Gasteiger charge is 2.33. The fourth-order valence-corrected chi connectivity index (χ4v) is 2.70. The Balaban J connectivity index is 2.63. The first kappa shape index (κ1) is 20.6. The van der Waals surface area contributed by atoms with Gasteiger partial charge in [0.05, 0.1) is 18.3 Å². The first-order valence-corrected chi connectivity index (χ1v) is 8.88. The SMILES string of the molecule is COC(=O)C(C(=O)C(C)C)c1ccc(NC(=O)C(C)(C)C)c2ncccc12. The van der Waals surface area contributed by atoms with E-state index in [4.69, 9.17) is 4.74 Å². The average molecular weight is 370 g/mol. The Morgan fingerprint density at radius 1 is 1.11 bits per heavy atom. The number of nitrogens with zero attached hydrogens (tertiary/aromatic N) is 1. The lowest BCUT2D eigenvalue weighted by Gasteiger charge is -2.21. The van der Waals surface area contributed by atoms with E-state index in [2.05, 4.69) is 10.3 Å². The number of aromatic nitrogens is 1. The van der Waals surface area contributed by atoms with Crippen LogP contribution in [0.3, 0.4) is 0 Å². The number of pyridine rings is 1. The number of amides is 1. The van der Waals surface area contributed by atoms with Crippen molar-refractivity contribution in [3.63, 3.8) is 0 Å². The number of rotatable bonds is 5. The van der Waals surface area contributed by atoms with Gasteiger partial charge in [-0.15, -0.1) is 0 Å². The highest BCUT2D eigenvalue weighted by atomic mass is 16.5. The molecule has 0 bridgehead atoms. The first-order valence-electron chi connectivity index (χ1n) is 8.88. The number of Topliss-reactive ketones (excluding diaryl/α,β-unsaturated/α-hetero) is 1. The number of ketones is 1. The van der Waals surface area contributed by atoms with Crippen molar-refractivity contribution >= 4 is 34.3 Å². The molecule has 1 aromatic heterocycles. The summed E-state index contributed by atoms with van der Waals surface area (Å²) in [5, 5.41) is 3.52. The van der Waals surface area contributed by atoms with Crippen LogP contribution < -0.4 is 5.32 Å². The lowest BCUT2D eigenvalue weighted by Crippen LogP contribution is -2.28. The lowest BCUT2D eigenvalue weighted by molar-refractivity contribution is -0.146. The van der Waals surface area contributed by atoms with E-state index >= 15 is 0 Å². The zero-order valence-electron chi connectivity index (χ0n) is 16.6. The Labute approximate surface area is 159 Å². The molecule has 0 aliphatic rings. The van der Waals surface area contributed by atoms with Crippen molar-refractivity contribution in [2.24, 2.45) is 11.3 Å². The zero-order chi connectivity index (χ0) is 20.4. The van der Waals surface area contributed by atoms with Gasteiger partial charge in [0.2, 0.25) is 5.91 Å². The van der Waals surface area contributed by atoms with E-state index in [0.29, 0.717) is 22.2 Å². The van der Waals surface area contributed by atoms with Crippen LogP contribution in [-0.4, -0.2) is 29.8 Å². The minimum Gasteiger partial charge on any atom is -0.468 e. The molecular weight excluding hydrogens is 344 g/mol. The molecule has 6 nitrogen and oxygen atoms in total. The van der Waals surface area contributed by atoms with Gasteiger partial charge in [-0.25, -0.2) is 0 Å². The number of benzene rings is 1. The Kier molecular flexibility index (Phi) is 5.98. The van der Waals surface area contributed by atoms with Gasteiger partial charge in [0, 0.05) is 22.9 Å². The number of fused-ring (bicyclic) bond motifs is 1. The van der Waals surface area contributed by atoms with Crippen molar-refractivity contribution in [2.75, 3.05) is 12.4 Å². The molecule has 1 atom stereocenters. The molecule has 6 heteroatoms. The fraction of sp³-hybridized carbons (Fsp3) is 0.429. The normalized spacial score (nSPS) is 12.7. The number of nitrogens with one attached hydrogen (secondary N) is 1. The number of hydrogen-bond acceptors (Lipinski definition) is 5. The molecule has 0 aliphatic heterocycles. The Hall–Kier alpha value is -2.76.